The van der Waals surface area contributed by atoms with Gasteiger partial charge in [-0.15, -0.1) is 0 Å². The van der Waals surface area contributed by atoms with Crippen LogP contribution in [-0.2, 0) is 10.4 Å². The molecule has 0 aromatic heterocycles. The molecule has 2 aliphatic carbocycles. The van der Waals surface area contributed by atoms with Gasteiger partial charge in [-0.05, 0) is 63.1 Å². The zero-order valence-electron chi connectivity index (χ0n) is 17.5. The van der Waals surface area contributed by atoms with Crippen LogP contribution in [0, 0.1) is 0 Å². The van der Waals surface area contributed by atoms with Crippen LogP contribution in [0.15, 0.2) is 24.3 Å². The third kappa shape index (κ3) is 3.93. The van der Waals surface area contributed by atoms with Gasteiger partial charge >= 0.3 is 6.18 Å². The van der Waals surface area contributed by atoms with Crippen molar-refractivity contribution in [3.63, 3.8) is 0 Å². The number of alkyl halides is 3. The summed E-state index contributed by atoms with van der Waals surface area (Å²) in [5.74, 6) is -0.480. The molecule has 6 nitrogen and oxygen atoms in total. The molecular formula is C22H28F3N3O3. The molecule has 1 aromatic carbocycles. The fraction of sp³-hybridized carbons (Fsp3) is 0.636. The first-order valence-corrected chi connectivity index (χ1v) is 10.7. The number of likely N-dealkylation sites (tertiary alicyclic amines) is 1. The summed E-state index contributed by atoms with van der Waals surface area (Å²) < 4.78 is 39.2. The van der Waals surface area contributed by atoms with E-state index in [4.69, 9.17) is 5.73 Å². The van der Waals surface area contributed by atoms with Crippen LogP contribution in [0.5, 0.6) is 0 Å². The van der Waals surface area contributed by atoms with Gasteiger partial charge in [-0.2, -0.15) is 13.2 Å². The van der Waals surface area contributed by atoms with Crippen LogP contribution in [-0.4, -0.2) is 63.6 Å². The summed E-state index contributed by atoms with van der Waals surface area (Å²) in [7, 11) is 0. The SMILES string of the molecule is C[C@](O)(c1ccc(C(=O)N(C2CC2)C2CCN(C3(C(N)=O)CC3)CC2)cc1)C(F)(F)F. The molecule has 1 saturated heterocycles. The smallest absolute Gasteiger partial charge is 0.376 e. The minimum atomic E-state index is -4.81. The number of carbonyl (C=O) groups is 2. The van der Waals surface area contributed by atoms with Gasteiger partial charge in [0.15, 0.2) is 5.60 Å². The van der Waals surface area contributed by atoms with E-state index < -0.39 is 17.3 Å². The molecule has 2 amide bonds. The zero-order chi connectivity index (χ0) is 22.6. The fourth-order valence-corrected chi connectivity index (χ4v) is 4.64. The first-order valence-electron chi connectivity index (χ1n) is 10.7. The fourth-order valence-electron chi connectivity index (χ4n) is 4.64. The third-order valence-corrected chi connectivity index (χ3v) is 7.07. The van der Waals surface area contributed by atoms with E-state index in [-0.39, 0.29) is 29.5 Å². The van der Waals surface area contributed by atoms with Crippen molar-refractivity contribution in [1.82, 2.24) is 9.80 Å². The number of rotatable bonds is 6. The number of piperidine rings is 1. The van der Waals surface area contributed by atoms with Crippen LogP contribution in [0.2, 0.25) is 0 Å². The molecule has 2 saturated carbocycles. The van der Waals surface area contributed by atoms with Crippen molar-refractivity contribution in [3.05, 3.63) is 35.4 Å². The summed E-state index contributed by atoms with van der Waals surface area (Å²) in [6.07, 6.45) is 0.0569. The van der Waals surface area contributed by atoms with E-state index in [9.17, 15) is 27.9 Å². The van der Waals surface area contributed by atoms with Crippen LogP contribution in [0.3, 0.4) is 0 Å². The van der Waals surface area contributed by atoms with E-state index in [1.807, 2.05) is 4.90 Å². The summed E-state index contributed by atoms with van der Waals surface area (Å²) in [5.41, 5.74) is 2.10. The van der Waals surface area contributed by atoms with Gasteiger partial charge in [-0.25, -0.2) is 0 Å². The minimum absolute atomic E-state index is 0.0258. The van der Waals surface area contributed by atoms with Gasteiger partial charge in [-0.3, -0.25) is 14.5 Å². The van der Waals surface area contributed by atoms with Crippen LogP contribution < -0.4 is 5.73 Å². The van der Waals surface area contributed by atoms with Crippen LogP contribution >= 0.6 is 0 Å². The molecule has 0 bridgehead atoms. The Kier molecular flexibility index (Phi) is 5.33. The number of hydrogen-bond acceptors (Lipinski definition) is 4. The molecule has 1 heterocycles. The minimum Gasteiger partial charge on any atom is -0.376 e. The highest BCUT2D eigenvalue weighted by atomic mass is 19.4. The van der Waals surface area contributed by atoms with Gasteiger partial charge in [0.05, 0.1) is 0 Å². The van der Waals surface area contributed by atoms with Gasteiger partial charge in [0.1, 0.15) is 5.54 Å². The molecule has 0 radical (unpaired) electrons. The maximum absolute atomic E-state index is 13.2. The number of hydrogen-bond donors (Lipinski definition) is 2. The normalized spacial score (nSPS) is 23.8. The highest BCUT2D eigenvalue weighted by Crippen LogP contribution is 2.44. The standard InChI is InChI=1S/C22H28F3N3O3/c1-20(31,22(23,24)25)15-4-2-14(3-5-15)18(29)28(16-6-7-16)17-8-12-27(13-9-17)21(10-11-21)19(26)30/h2-5,16-17,31H,6-13H2,1H3,(H2,26,30)/t20-/m0/s1. The van der Waals surface area contributed by atoms with Gasteiger partial charge in [0, 0.05) is 30.7 Å². The quantitative estimate of drug-likeness (QED) is 0.713. The van der Waals surface area contributed by atoms with Crippen molar-refractivity contribution >= 4 is 11.8 Å². The number of carbonyl (C=O) groups excluding carboxylic acids is 2. The maximum Gasteiger partial charge on any atom is 0.421 e. The molecule has 170 valence electrons. The molecule has 0 spiro atoms. The second-order valence-corrected chi connectivity index (χ2v) is 9.20. The average molecular weight is 439 g/mol. The highest BCUT2D eigenvalue weighted by molar-refractivity contribution is 5.95. The van der Waals surface area contributed by atoms with Crippen molar-refractivity contribution in [2.75, 3.05) is 13.1 Å². The van der Waals surface area contributed by atoms with Crippen molar-refractivity contribution in [1.29, 1.82) is 0 Å². The molecule has 1 aromatic rings. The first kappa shape index (κ1) is 22.1. The predicted octanol–water partition coefficient (Wildman–Crippen LogP) is 2.54. The lowest BCUT2D eigenvalue weighted by Gasteiger charge is -2.41. The largest absolute Gasteiger partial charge is 0.421 e. The zero-order valence-corrected chi connectivity index (χ0v) is 17.5. The highest BCUT2D eigenvalue weighted by Gasteiger charge is 2.54. The molecule has 4 rings (SSSR count). The lowest BCUT2D eigenvalue weighted by atomic mass is 9.94. The average Bonchev–Trinajstić information content (AvgIpc) is 3.61. The second kappa shape index (κ2) is 7.48. The third-order valence-electron chi connectivity index (χ3n) is 7.07. The molecule has 3 N–H and O–H groups in total. The Morgan fingerprint density at radius 1 is 1.06 bits per heavy atom. The van der Waals surface area contributed by atoms with E-state index in [1.54, 1.807) is 0 Å². The lowest BCUT2D eigenvalue weighted by molar-refractivity contribution is -0.258. The van der Waals surface area contributed by atoms with Gasteiger partial charge in [0.25, 0.3) is 5.91 Å². The monoisotopic (exact) mass is 439 g/mol. The number of aliphatic hydroxyl groups is 1. The van der Waals surface area contributed by atoms with E-state index in [1.165, 1.54) is 12.1 Å². The van der Waals surface area contributed by atoms with Crippen LogP contribution in [0.1, 0.15) is 61.4 Å². The Bertz CT molecular complexity index is 853. The summed E-state index contributed by atoms with van der Waals surface area (Å²) >= 11 is 0. The lowest BCUT2D eigenvalue weighted by Crippen LogP contribution is -2.54. The van der Waals surface area contributed by atoms with E-state index in [0.29, 0.717) is 25.6 Å². The number of nitrogens with two attached hydrogens (primary N) is 1. The number of halogens is 3. The Morgan fingerprint density at radius 2 is 1.58 bits per heavy atom. The Balaban J connectivity index is 1.46. The Hall–Kier alpha value is -2.13. The molecule has 9 heteroatoms. The number of benzene rings is 1. The number of nitrogens with zero attached hydrogens (tertiary/aromatic N) is 2. The summed E-state index contributed by atoms with van der Waals surface area (Å²) in [6, 6.07) is 5.21. The van der Waals surface area contributed by atoms with Crippen molar-refractivity contribution < 1.29 is 27.9 Å². The molecule has 3 aliphatic rings. The van der Waals surface area contributed by atoms with Crippen LogP contribution in [0.4, 0.5) is 13.2 Å². The van der Waals surface area contributed by atoms with Crippen LogP contribution in [0.25, 0.3) is 0 Å². The van der Waals surface area contributed by atoms with E-state index in [2.05, 4.69) is 4.90 Å². The van der Waals surface area contributed by atoms with E-state index in [0.717, 1.165) is 50.7 Å². The molecule has 0 unspecified atom stereocenters. The molecule has 31 heavy (non-hydrogen) atoms. The Morgan fingerprint density at radius 3 is 2.00 bits per heavy atom. The summed E-state index contributed by atoms with van der Waals surface area (Å²) in [5, 5.41) is 9.84. The topological polar surface area (TPSA) is 86.9 Å². The first-order chi connectivity index (χ1) is 14.5. The van der Waals surface area contributed by atoms with Crippen molar-refractivity contribution in [3.8, 4) is 0 Å². The predicted molar refractivity (Wildman–Crippen MR) is 107 cm³/mol. The Labute approximate surface area is 179 Å². The molecule has 1 aliphatic heterocycles. The molecular weight excluding hydrogens is 411 g/mol. The van der Waals surface area contributed by atoms with Crippen molar-refractivity contribution in [2.24, 2.45) is 5.73 Å². The van der Waals surface area contributed by atoms with Gasteiger partial charge in [-0.1, -0.05) is 12.1 Å². The number of amides is 2. The second-order valence-electron chi connectivity index (χ2n) is 9.20. The number of primary amides is 1. The van der Waals surface area contributed by atoms with E-state index >= 15 is 0 Å². The van der Waals surface area contributed by atoms with Gasteiger partial charge < -0.3 is 15.7 Å². The molecule has 1 atom stereocenters. The van der Waals surface area contributed by atoms with Gasteiger partial charge in [0.2, 0.25) is 5.91 Å². The molecule has 3 fully saturated rings. The van der Waals surface area contributed by atoms with Crippen molar-refractivity contribution in [2.45, 2.75) is 74.8 Å². The summed E-state index contributed by atoms with van der Waals surface area (Å²) in [4.78, 5) is 29.0. The maximum atomic E-state index is 13.2. The summed E-state index contributed by atoms with van der Waals surface area (Å²) in [6.45, 7) is 2.09.